The average Bonchev–Trinajstić information content (AvgIpc) is 2.41. The van der Waals surface area contributed by atoms with Crippen LogP contribution in [0.3, 0.4) is 0 Å². The van der Waals surface area contributed by atoms with Gasteiger partial charge < -0.3 is 10.1 Å². The second-order valence-corrected chi connectivity index (χ2v) is 4.22. The fraction of sp³-hybridized carbons (Fsp3) is 0.154. The number of hydrogen-bond acceptors (Lipinski definition) is 4. The Morgan fingerprint density at radius 3 is 2.47 bits per heavy atom. The first-order chi connectivity index (χ1) is 9.19. The molecule has 5 nitrogen and oxygen atoms in total. The van der Waals surface area contributed by atoms with Crippen molar-refractivity contribution >= 4 is 23.2 Å². The van der Waals surface area contributed by atoms with Crippen molar-refractivity contribution in [3.8, 4) is 11.4 Å². The minimum atomic E-state index is -0.245. The number of anilines is 1. The highest BCUT2D eigenvalue weighted by Crippen LogP contribution is 2.18. The van der Waals surface area contributed by atoms with E-state index in [0.29, 0.717) is 16.5 Å². The number of halogens is 1. The maximum Gasteiger partial charge on any atom is 0.250 e. The van der Waals surface area contributed by atoms with Crippen LogP contribution in [0.2, 0.25) is 5.02 Å². The molecular formula is C13H12ClN3O2. The van der Waals surface area contributed by atoms with Crippen molar-refractivity contribution in [3.63, 3.8) is 0 Å². The predicted octanol–water partition coefficient (Wildman–Crippen LogP) is 2.38. The lowest BCUT2D eigenvalue weighted by atomic mass is 10.2. The van der Waals surface area contributed by atoms with Crippen LogP contribution in [0.15, 0.2) is 36.7 Å². The Bertz CT molecular complexity index is 555. The van der Waals surface area contributed by atoms with Crippen molar-refractivity contribution in [1.29, 1.82) is 0 Å². The summed E-state index contributed by atoms with van der Waals surface area (Å²) in [6.07, 6.45) is 3.09. The first-order valence-corrected chi connectivity index (χ1v) is 5.93. The molecule has 0 bridgehead atoms. The van der Waals surface area contributed by atoms with E-state index < -0.39 is 0 Å². The van der Waals surface area contributed by atoms with Crippen LogP contribution in [0.4, 0.5) is 5.69 Å². The first kappa shape index (κ1) is 13.5. The van der Waals surface area contributed by atoms with Gasteiger partial charge in [-0.2, -0.15) is 0 Å². The number of nitrogens with zero attached hydrogens (tertiary/aromatic N) is 2. The fourth-order valence-electron chi connectivity index (χ4n) is 1.47. The zero-order chi connectivity index (χ0) is 13.7. The number of carbonyl (C=O) groups excluding carboxylic acids is 1. The normalized spacial score (nSPS) is 10.2. The van der Waals surface area contributed by atoms with E-state index in [9.17, 15) is 4.79 Å². The van der Waals surface area contributed by atoms with E-state index >= 15 is 0 Å². The predicted molar refractivity (Wildman–Crippen MR) is 73.0 cm³/mol. The van der Waals surface area contributed by atoms with Gasteiger partial charge >= 0.3 is 0 Å². The fourth-order valence-corrected chi connectivity index (χ4v) is 1.59. The summed E-state index contributed by atoms with van der Waals surface area (Å²) in [5.41, 5.74) is 1.39. The third-order valence-electron chi connectivity index (χ3n) is 2.31. The molecule has 2 aromatic rings. The molecule has 1 aromatic carbocycles. The molecule has 6 heteroatoms. The Kier molecular flexibility index (Phi) is 4.43. The van der Waals surface area contributed by atoms with Crippen LogP contribution in [0.5, 0.6) is 0 Å². The lowest BCUT2D eigenvalue weighted by Gasteiger charge is -2.04. The molecule has 0 radical (unpaired) electrons. The summed E-state index contributed by atoms with van der Waals surface area (Å²) >= 11 is 5.81. The molecule has 0 saturated carbocycles. The SMILES string of the molecule is COCC(=O)Nc1cnc(-c2ccc(Cl)cc2)nc1. The van der Waals surface area contributed by atoms with Gasteiger partial charge in [0.2, 0.25) is 5.91 Å². The van der Waals surface area contributed by atoms with Gasteiger partial charge in [0.05, 0.1) is 18.1 Å². The molecule has 0 aliphatic heterocycles. The highest BCUT2D eigenvalue weighted by molar-refractivity contribution is 6.30. The monoisotopic (exact) mass is 277 g/mol. The number of rotatable bonds is 4. The molecule has 98 valence electrons. The van der Waals surface area contributed by atoms with Crippen LogP contribution in [-0.4, -0.2) is 29.6 Å². The maximum absolute atomic E-state index is 11.3. The van der Waals surface area contributed by atoms with Crippen molar-refractivity contribution in [2.24, 2.45) is 0 Å². The Morgan fingerprint density at radius 1 is 1.26 bits per heavy atom. The topological polar surface area (TPSA) is 64.1 Å². The zero-order valence-electron chi connectivity index (χ0n) is 10.3. The van der Waals surface area contributed by atoms with Crippen molar-refractivity contribution in [2.75, 3.05) is 19.0 Å². The zero-order valence-corrected chi connectivity index (χ0v) is 11.0. The molecule has 0 aliphatic carbocycles. The van der Waals surface area contributed by atoms with E-state index in [4.69, 9.17) is 16.3 Å². The number of hydrogen-bond donors (Lipinski definition) is 1. The summed E-state index contributed by atoms with van der Waals surface area (Å²) in [7, 11) is 1.46. The third kappa shape index (κ3) is 3.74. The number of ether oxygens (including phenoxy) is 1. The van der Waals surface area contributed by atoms with Gasteiger partial charge in [0.25, 0.3) is 0 Å². The summed E-state index contributed by atoms with van der Waals surface area (Å²) in [4.78, 5) is 19.7. The third-order valence-corrected chi connectivity index (χ3v) is 2.57. The van der Waals surface area contributed by atoms with Gasteiger partial charge in [0, 0.05) is 17.7 Å². The quantitative estimate of drug-likeness (QED) is 0.932. The molecule has 0 fully saturated rings. The van der Waals surface area contributed by atoms with Crippen molar-refractivity contribution < 1.29 is 9.53 Å². The van der Waals surface area contributed by atoms with E-state index in [1.165, 1.54) is 7.11 Å². The summed E-state index contributed by atoms with van der Waals surface area (Å²) in [6.45, 7) is -0.00106. The minimum Gasteiger partial charge on any atom is -0.375 e. The molecule has 0 atom stereocenters. The molecule has 0 saturated heterocycles. The molecule has 1 heterocycles. The molecule has 1 N–H and O–H groups in total. The Morgan fingerprint density at radius 2 is 1.89 bits per heavy atom. The minimum absolute atomic E-state index is 0.00106. The van der Waals surface area contributed by atoms with Crippen molar-refractivity contribution in [1.82, 2.24) is 9.97 Å². The van der Waals surface area contributed by atoms with Gasteiger partial charge in [-0.15, -0.1) is 0 Å². The van der Waals surface area contributed by atoms with Crippen LogP contribution in [0, 0.1) is 0 Å². The first-order valence-electron chi connectivity index (χ1n) is 5.56. The van der Waals surface area contributed by atoms with Gasteiger partial charge in [-0.25, -0.2) is 9.97 Å². The number of methoxy groups -OCH3 is 1. The van der Waals surface area contributed by atoms with Gasteiger partial charge in [-0.05, 0) is 24.3 Å². The summed E-state index contributed by atoms with van der Waals surface area (Å²) in [6, 6.07) is 7.21. The van der Waals surface area contributed by atoms with Crippen molar-refractivity contribution in [3.05, 3.63) is 41.7 Å². The van der Waals surface area contributed by atoms with Crippen LogP contribution in [0.25, 0.3) is 11.4 Å². The number of amides is 1. The maximum atomic E-state index is 11.3. The number of nitrogens with one attached hydrogen (secondary N) is 1. The van der Waals surface area contributed by atoms with E-state index in [0.717, 1.165) is 5.56 Å². The lowest BCUT2D eigenvalue weighted by Crippen LogP contribution is -2.17. The summed E-state index contributed by atoms with van der Waals surface area (Å²) in [5.74, 6) is 0.326. The Balaban J connectivity index is 2.10. The van der Waals surface area contributed by atoms with Gasteiger partial charge in [-0.3, -0.25) is 4.79 Å². The lowest BCUT2D eigenvalue weighted by molar-refractivity contribution is -0.119. The van der Waals surface area contributed by atoms with Crippen molar-refractivity contribution in [2.45, 2.75) is 0 Å². The van der Waals surface area contributed by atoms with E-state index in [2.05, 4.69) is 15.3 Å². The largest absolute Gasteiger partial charge is 0.375 e. The second kappa shape index (κ2) is 6.26. The molecule has 19 heavy (non-hydrogen) atoms. The number of aromatic nitrogens is 2. The molecule has 0 unspecified atom stereocenters. The van der Waals surface area contributed by atoms with Crippen LogP contribution in [-0.2, 0) is 9.53 Å². The molecule has 2 rings (SSSR count). The molecule has 0 aliphatic rings. The van der Waals surface area contributed by atoms with E-state index in [1.807, 2.05) is 12.1 Å². The number of benzene rings is 1. The van der Waals surface area contributed by atoms with E-state index in [-0.39, 0.29) is 12.5 Å². The molecule has 1 amide bonds. The number of carbonyl (C=O) groups is 1. The smallest absolute Gasteiger partial charge is 0.250 e. The Labute approximate surface area is 115 Å². The highest BCUT2D eigenvalue weighted by atomic mass is 35.5. The summed E-state index contributed by atoms with van der Waals surface area (Å²) in [5, 5.41) is 3.28. The van der Waals surface area contributed by atoms with Gasteiger partial charge in [-0.1, -0.05) is 11.6 Å². The molecule has 1 aromatic heterocycles. The highest BCUT2D eigenvalue weighted by Gasteiger charge is 2.04. The van der Waals surface area contributed by atoms with Crippen LogP contribution >= 0.6 is 11.6 Å². The molecule has 0 spiro atoms. The Hall–Kier alpha value is -1.98. The van der Waals surface area contributed by atoms with Crippen LogP contribution < -0.4 is 5.32 Å². The average molecular weight is 278 g/mol. The van der Waals surface area contributed by atoms with Crippen LogP contribution in [0.1, 0.15) is 0 Å². The van der Waals surface area contributed by atoms with Gasteiger partial charge in [0.15, 0.2) is 5.82 Å². The van der Waals surface area contributed by atoms with Gasteiger partial charge in [0.1, 0.15) is 6.61 Å². The summed E-state index contributed by atoms with van der Waals surface area (Å²) < 4.78 is 4.71. The van der Waals surface area contributed by atoms with E-state index in [1.54, 1.807) is 24.5 Å². The second-order valence-electron chi connectivity index (χ2n) is 3.78. The molecular weight excluding hydrogens is 266 g/mol. The standard InChI is InChI=1S/C13H12ClN3O2/c1-19-8-12(18)17-11-6-15-13(16-7-11)9-2-4-10(14)5-3-9/h2-7H,8H2,1H3,(H,17,18).